The van der Waals surface area contributed by atoms with Crippen LogP contribution in [-0.4, -0.2) is 20.1 Å². The largest absolute Gasteiger partial charge is 0.493 e. The zero-order chi connectivity index (χ0) is 22.3. The first-order chi connectivity index (χ1) is 14.2. The Hall–Kier alpha value is -3.73. The van der Waals surface area contributed by atoms with E-state index in [1.807, 2.05) is 0 Å². The molecule has 0 bridgehead atoms. The highest BCUT2D eigenvalue weighted by atomic mass is 19.4. The van der Waals surface area contributed by atoms with E-state index >= 15 is 0 Å². The molecule has 2 aromatic rings. The van der Waals surface area contributed by atoms with Crippen molar-refractivity contribution in [3.63, 3.8) is 0 Å². The molecule has 0 aliphatic rings. The highest BCUT2D eigenvalue weighted by Crippen LogP contribution is 2.34. The maximum atomic E-state index is 12.8. The molecule has 0 saturated heterocycles. The SMILES string of the molecule is C=CCc1cc(/C=C(\C#N)C(=O)Nc2cccc(C(F)(F)F)c2)cc(OC)c1OC. The smallest absolute Gasteiger partial charge is 0.416 e. The number of amides is 1. The lowest BCUT2D eigenvalue weighted by Crippen LogP contribution is -2.14. The maximum absolute atomic E-state index is 12.8. The van der Waals surface area contributed by atoms with Gasteiger partial charge < -0.3 is 14.8 Å². The van der Waals surface area contributed by atoms with E-state index in [2.05, 4.69) is 11.9 Å². The van der Waals surface area contributed by atoms with Crippen molar-refractivity contribution in [1.82, 2.24) is 0 Å². The number of anilines is 1. The zero-order valence-corrected chi connectivity index (χ0v) is 16.3. The predicted molar refractivity (Wildman–Crippen MR) is 107 cm³/mol. The number of benzene rings is 2. The number of carbonyl (C=O) groups excluding carboxylic acids is 1. The van der Waals surface area contributed by atoms with Gasteiger partial charge in [-0.3, -0.25) is 4.79 Å². The number of hydrogen-bond acceptors (Lipinski definition) is 4. The van der Waals surface area contributed by atoms with Gasteiger partial charge in [-0.1, -0.05) is 12.1 Å². The van der Waals surface area contributed by atoms with E-state index in [1.165, 1.54) is 32.4 Å². The van der Waals surface area contributed by atoms with Crippen LogP contribution in [0.3, 0.4) is 0 Å². The molecule has 0 heterocycles. The second-order valence-electron chi connectivity index (χ2n) is 6.11. The normalized spacial score (nSPS) is 11.4. The Labute approximate surface area is 172 Å². The Kier molecular flexibility index (Phi) is 7.26. The highest BCUT2D eigenvalue weighted by molar-refractivity contribution is 6.09. The third-order valence-electron chi connectivity index (χ3n) is 4.07. The molecule has 0 radical (unpaired) electrons. The van der Waals surface area contributed by atoms with Gasteiger partial charge in [-0.25, -0.2) is 0 Å². The fourth-order valence-electron chi connectivity index (χ4n) is 2.74. The van der Waals surface area contributed by atoms with Crippen molar-refractivity contribution in [3.05, 3.63) is 71.3 Å². The molecule has 2 rings (SSSR count). The average Bonchev–Trinajstić information content (AvgIpc) is 2.71. The predicted octanol–water partition coefficient (Wildman–Crippen LogP) is 5.00. The summed E-state index contributed by atoms with van der Waals surface area (Å²) in [6.45, 7) is 3.68. The number of carbonyl (C=O) groups is 1. The molecule has 156 valence electrons. The van der Waals surface area contributed by atoms with Gasteiger partial charge in [0.05, 0.1) is 19.8 Å². The molecule has 5 nitrogen and oxygen atoms in total. The van der Waals surface area contributed by atoms with E-state index < -0.39 is 17.6 Å². The Bertz CT molecular complexity index is 1020. The first-order valence-electron chi connectivity index (χ1n) is 8.69. The molecule has 8 heteroatoms. The molecule has 0 fully saturated rings. The van der Waals surface area contributed by atoms with E-state index in [1.54, 1.807) is 24.3 Å². The lowest BCUT2D eigenvalue weighted by molar-refractivity contribution is -0.137. The molecule has 0 atom stereocenters. The summed E-state index contributed by atoms with van der Waals surface area (Å²) >= 11 is 0. The molecular formula is C22H19F3N2O3. The fourth-order valence-corrected chi connectivity index (χ4v) is 2.74. The minimum Gasteiger partial charge on any atom is -0.493 e. The minimum absolute atomic E-state index is 0.0735. The van der Waals surface area contributed by atoms with Crippen LogP contribution in [0.4, 0.5) is 18.9 Å². The van der Waals surface area contributed by atoms with Crippen LogP contribution in [0.5, 0.6) is 11.5 Å². The van der Waals surface area contributed by atoms with Crippen molar-refractivity contribution in [2.24, 2.45) is 0 Å². The summed E-state index contributed by atoms with van der Waals surface area (Å²) in [5.74, 6) is 0.0667. The van der Waals surface area contributed by atoms with Gasteiger partial charge in [0.15, 0.2) is 11.5 Å². The lowest BCUT2D eigenvalue weighted by atomic mass is 10.0. The summed E-state index contributed by atoms with van der Waals surface area (Å²) in [7, 11) is 2.94. The lowest BCUT2D eigenvalue weighted by Gasteiger charge is -2.13. The van der Waals surface area contributed by atoms with Crippen molar-refractivity contribution in [2.75, 3.05) is 19.5 Å². The van der Waals surface area contributed by atoms with Gasteiger partial charge in [-0.15, -0.1) is 6.58 Å². The number of ether oxygens (including phenoxy) is 2. The van der Waals surface area contributed by atoms with Gasteiger partial charge in [-0.05, 0) is 48.4 Å². The molecule has 0 aliphatic carbocycles. The van der Waals surface area contributed by atoms with Crippen LogP contribution < -0.4 is 14.8 Å². The maximum Gasteiger partial charge on any atom is 0.416 e. The third kappa shape index (κ3) is 5.41. The number of hydrogen-bond donors (Lipinski definition) is 1. The molecule has 0 spiro atoms. The Morgan fingerprint density at radius 3 is 2.53 bits per heavy atom. The van der Waals surface area contributed by atoms with E-state index in [0.29, 0.717) is 23.5 Å². The molecule has 1 N–H and O–H groups in total. The summed E-state index contributed by atoms with van der Waals surface area (Å²) in [5, 5.41) is 11.7. The number of methoxy groups -OCH3 is 2. The summed E-state index contributed by atoms with van der Waals surface area (Å²) in [6, 6.07) is 9.22. The second kappa shape index (κ2) is 9.65. The fraction of sp³-hybridized carbons (Fsp3) is 0.182. The number of allylic oxidation sites excluding steroid dienone is 1. The standard InChI is InChI=1S/C22H19F3N2O3/c1-4-6-15-9-14(11-19(29-2)20(15)30-3)10-16(13-26)21(28)27-18-8-5-7-17(12-18)22(23,24)25/h4-5,7-12H,1,6H2,2-3H3,(H,27,28)/b16-10+. The Morgan fingerprint density at radius 1 is 1.23 bits per heavy atom. The van der Waals surface area contributed by atoms with E-state index in [-0.39, 0.29) is 11.3 Å². The molecular weight excluding hydrogens is 397 g/mol. The zero-order valence-electron chi connectivity index (χ0n) is 16.3. The van der Waals surface area contributed by atoms with Crippen LogP contribution in [0, 0.1) is 11.3 Å². The van der Waals surface area contributed by atoms with Crippen LogP contribution in [-0.2, 0) is 17.4 Å². The molecule has 0 aliphatic heterocycles. The van der Waals surface area contributed by atoms with Crippen molar-refractivity contribution in [1.29, 1.82) is 5.26 Å². The van der Waals surface area contributed by atoms with E-state index in [9.17, 15) is 23.2 Å². The first kappa shape index (κ1) is 22.6. The van der Waals surface area contributed by atoms with Gasteiger partial charge in [-0.2, -0.15) is 18.4 Å². The van der Waals surface area contributed by atoms with Crippen molar-refractivity contribution >= 4 is 17.7 Å². The quantitative estimate of drug-likeness (QED) is 0.392. The van der Waals surface area contributed by atoms with Crippen LogP contribution in [0.25, 0.3) is 6.08 Å². The number of nitriles is 1. The van der Waals surface area contributed by atoms with Crippen LogP contribution >= 0.6 is 0 Å². The van der Waals surface area contributed by atoms with Gasteiger partial charge in [0, 0.05) is 11.3 Å². The highest BCUT2D eigenvalue weighted by Gasteiger charge is 2.30. The number of alkyl halides is 3. The average molecular weight is 416 g/mol. The van der Waals surface area contributed by atoms with Gasteiger partial charge in [0.25, 0.3) is 5.91 Å². The third-order valence-corrected chi connectivity index (χ3v) is 4.07. The van der Waals surface area contributed by atoms with E-state index in [4.69, 9.17) is 9.47 Å². The van der Waals surface area contributed by atoms with Crippen molar-refractivity contribution < 1.29 is 27.4 Å². The van der Waals surface area contributed by atoms with Crippen LogP contribution in [0.1, 0.15) is 16.7 Å². The number of nitrogens with zero attached hydrogens (tertiary/aromatic N) is 1. The monoisotopic (exact) mass is 416 g/mol. The van der Waals surface area contributed by atoms with Gasteiger partial charge in [0.2, 0.25) is 0 Å². The summed E-state index contributed by atoms with van der Waals surface area (Å²) < 4.78 is 49.2. The Balaban J connectivity index is 2.38. The van der Waals surface area contributed by atoms with Gasteiger partial charge >= 0.3 is 6.18 Å². The van der Waals surface area contributed by atoms with Crippen LogP contribution in [0.15, 0.2) is 54.6 Å². The molecule has 0 unspecified atom stereocenters. The summed E-state index contributed by atoms with van der Waals surface area (Å²) in [4.78, 5) is 12.4. The van der Waals surface area contributed by atoms with Gasteiger partial charge in [0.1, 0.15) is 11.6 Å². The second-order valence-corrected chi connectivity index (χ2v) is 6.11. The molecule has 2 aromatic carbocycles. The molecule has 1 amide bonds. The number of rotatable bonds is 7. The molecule has 0 aromatic heterocycles. The minimum atomic E-state index is -4.55. The van der Waals surface area contributed by atoms with Crippen molar-refractivity contribution in [2.45, 2.75) is 12.6 Å². The number of nitrogens with one attached hydrogen (secondary N) is 1. The topological polar surface area (TPSA) is 71.4 Å². The first-order valence-corrected chi connectivity index (χ1v) is 8.69. The Morgan fingerprint density at radius 2 is 1.97 bits per heavy atom. The van der Waals surface area contributed by atoms with Crippen LogP contribution in [0.2, 0.25) is 0 Å². The van der Waals surface area contributed by atoms with Crippen molar-refractivity contribution in [3.8, 4) is 17.6 Å². The molecule has 0 saturated carbocycles. The molecule has 30 heavy (non-hydrogen) atoms. The number of halogens is 3. The van der Waals surface area contributed by atoms with E-state index in [0.717, 1.165) is 17.7 Å². The summed E-state index contributed by atoms with van der Waals surface area (Å²) in [6.07, 6.45) is -1.11. The summed E-state index contributed by atoms with van der Waals surface area (Å²) in [5.41, 5.74) is -0.0505.